The average molecular weight is 388 g/mol. The van der Waals surface area contributed by atoms with Crippen molar-refractivity contribution in [2.75, 3.05) is 6.61 Å². The summed E-state index contributed by atoms with van der Waals surface area (Å²) in [4.78, 5) is 47.4. The topological polar surface area (TPSA) is 171 Å². The second-order valence-corrected chi connectivity index (χ2v) is 7.28. The minimum Gasteiger partial charge on any atom is -0.480 e. The molecule has 0 aromatic rings. The van der Waals surface area contributed by atoms with Gasteiger partial charge in [-0.05, 0) is 25.2 Å². The van der Waals surface area contributed by atoms with Gasteiger partial charge in [0, 0.05) is 0 Å². The quantitative estimate of drug-likeness (QED) is 0.252. The van der Waals surface area contributed by atoms with Crippen LogP contribution in [0.3, 0.4) is 0 Å². The van der Waals surface area contributed by atoms with Crippen molar-refractivity contribution < 1.29 is 29.4 Å². The van der Waals surface area contributed by atoms with E-state index in [1.54, 1.807) is 13.8 Å². The molecule has 0 bridgehead atoms. The number of rotatable bonds is 11. The first-order chi connectivity index (χ1) is 12.4. The molecule has 3 amide bonds. The number of hydrogen-bond acceptors (Lipinski definition) is 6. The number of carboxylic acids is 1. The minimum atomic E-state index is -1.27. The Kier molecular flexibility index (Phi) is 10.6. The monoisotopic (exact) mass is 388 g/mol. The zero-order chi connectivity index (χ0) is 21.3. The van der Waals surface area contributed by atoms with Crippen molar-refractivity contribution in [3.8, 4) is 0 Å². The van der Waals surface area contributed by atoms with Gasteiger partial charge < -0.3 is 31.9 Å². The zero-order valence-electron chi connectivity index (χ0n) is 16.5. The first-order valence-electron chi connectivity index (χ1n) is 8.91. The van der Waals surface area contributed by atoms with Crippen LogP contribution in [0.5, 0.6) is 0 Å². The maximum absolute atomic E-state index is 12.2. The maximum atomic E-state index is 12.2. The summed E-state index contributed by atoms with van der Waals surface area (Å²) >= 11 is 0. The molecular weight excluding hydrogens is 356 g/mol. The van der Waals surface area contributed by atoms with E-state index in [0.717, 1.165) is 0 Å². The van der Waals surface area contributed by atoms with Crippen molar-refractivity contribution in [1.29, 1.82) is 0 Å². The van der Waals surface area contributed by atoms with Crippen molar-refractivity contribution in [3.05, 3.63) is 0 Å². The predicted octanol–water partition coefficient (Wildman–Crippen LogP) is -1.43. The van der Waals surface area contributed by atoms with E-state index in [1.807, 2.05) is 13.8 Å². The third-order valence-corrected chi connectivity index (χ3v) is 3.86. The van der Waals surface area contributed by atoms with E-state index < -0.39 is 54.5 Å². The molecule has 0 saturated carbocycles. The Morgan fingerprint density at radius 3 is 1.85 bits per heavy atom. The maximum Gasteiger partial charge on any atom is 0.326 e. The van der Waals surface area contributed by atoms with Crippen LogP contribution in [0, 0.1) is 11.8 Å². The number of aliphatic carboxylic acids is 1. The van der Waals surface area contributed by atoms with Gasteiger partial charge >= 0.3 is 5.97 Å². The van der Waals surface area contributed by atoms with Gasteiger partial charge in [-0.25, -0.2) is 4.79 Å². The summed E-state index contributed by atoms with van der Waals surface area (Å²) < 4.78 is 0. The fourth-order valence-electron chi connectivity index (χ4n) is 2.26. The van der Waals surface area contributed by atoms with Crippen LogP contribution in [0.4, 0.5) is 0 Å². The van der Waals surface area contributed by atoms with Gasteiger partial charge in [0.05, 0.1) is 12.6 Å². The largest absolute Gasteiger partial charge is 0.480 e. The molecule has 156 valence electrons. The van der Waals surface area contributed by atoms with Gasteiger partial charge in [0.15, 0.2) is 0 Å². The van der Waals surface area contributed by atoms with Gasteiger partial charge in [-0.15, -0.1) is 0 Å². The molecule has 0 aromatic heterocycles. The Balaban J connectivity index is 4.79. The van der Waals surface area contributed by atoms with Crippen LogP contribution >= 0.6 is 0 Å². The lowest BCUT2D eigenvalue weighted by molar-refractivity contribution is -0.143. The van der Waals surface area contributed by atoms with E-state index >= 15 is 0 Å². The van der Waals surface area contributed by atoms with Crippen molar-refractivity contribution in [1.82, 2.24) is 16.0 Å². The number of nitrogens with two attached hydrogens (primary N) is 1. The van der Waals surface area contributed by atoms with Crippen LogP contribution in [0.2, 0.25) is 0 Å². The minimum absolute atomic E-state index is 0.180. The number of nitrogens with one attached hydrogen (secondary N) is 3. The summed E-state index contributed by atoms with van der Waals surface area (Å²) in [6.07, 6.45) is 0.413. The lowest BCUT2D eigenvalue weighted by atomic mass is 10.0. The molecule has 27 heavy (non-hydrogen) atoms. The summed E-state index contributed by atoms with van der Waals surface area (Å²) in [5, 5.41) is 25.5. The normalized spacial score (nSPS) is 15.6. The molecule has 0 rings (SSSR count). The number of amides is 3. The molecule has 0 saturated heterocycles. The molecule has 0 aliphatic rings. The molecule has 0 radical (unpaired) electrons. The smallest absolute Gasteiger partial charge is 0.326 e. The van der Waals surface area contributed by atoms with Crippen LogP contribution in [-0.4, -0.2) is 64.7 Å². The second-order valence-electron chi connectivity index (χ2n) is 7.28. The van der Waals surface area contributed by atoms with Gasteiger partial charge in [-0.1, -0.05) is 27.7 Å². The van der Waals surface area contributed by atoms with Gasteiger partial charge in [0.25, 0.3) is 0 Å². The van der Waals surface area contributed by atoms with Crippen LogP contribution < -0.4 is 21.7 Å². The summed E-state index contributed by atoms with van der Waals surface area (Å²) in [6.45, 7) is 7.76. The fraction of sp³-hybridized carbons (Fsp3) is 0.765. The van der Waals surface area contributed by atoms with E-state index in [1.165, 1.54) is 6.92 Å². The molecule has 4 atom stereocenters. The summed E-state index contributed by atoms with van der Waals surface area (Å²) in [7, 11) is 0. The molecule has 10 heteroatoms. The molecule has 0 aliphatic carbocycles. The van der Waals surface area contributed by atoms with Gasteiger partial charge in [0.1, 0.15) is 18.1 Å². The van der Waals surface area contributed by atoms with E-state index in [0.29, 0.717) is 6.42 Å². The zero-order valence-corrected chi connectivity index (χ0v) is 16.5. The molecule has 0 aromatic carbocycles. The SMILES string of the molecule is CC(C)CC(N)C(=O)NC(CO)C(=O)NC(C)C(=O)NC(C(=O)O)C(C)C. The fourth-order valence-corrected chi connectivity index (χ4v) is 2.26. The highest BCUT2D eigenvalue weighted by atomic mass is 16.4. The molecule has 0 aliphatic heterocycles. The third-order valence-electron chi connectivity index (χ3n) is 3.86. The number of carbonyl (C=O) groups excluding carboxylic acids is 3. The average Bonchev–Trinajstić information content (AvgIpc) is 2.55. The predicted molar refractivity (Wildman–Crippen MR) is 98.5 cm³/mol. The van der Waals surface area contributed by atoms with Gasteiger partial charge in [-0.3, -0.25) is 14.4 Å². The molecule has 0 heterocycles. The second kappa shape index (κ2) is 11.5. The molecule has 0 fully saturated rings. The van der Waals surface area contributed by atoms with Crippen LogP contribution in [0.25, 0.3) is 0 Å². The Hall–Kier alpha value is -2.20. The molecule has 10 nitrogen and oxygen atoms in total. The van der Waals surface area contributed by atoms with E-state index in [9.17, 15) is 24.3 Å². The Morgan fingerprint density at radius 2 is 1.44 bits per heavy atom. The first-order valence-corrected chi connectivity index (χ1v) is 8.91. The van der Waals surface area contributed by atoms with E-state index in [2.05, 4.69) is 16.0 Å². The highest BCUT2D eigenvalue weighted by molar-refractivity contribution is 5.93. The number of aliphatic hydroxyl groups excluding tert-OH is 1. The standard InChI is InChI=1S/C17H32N4O6/c1-8(2)6-11(18)15(24)20-12(7-22)16(25)19-10(5)14(23)21-13(9(3)4)17(26)27/h8-13,22H,6-7,18H2,1-5H3,(H,19,25)(H,20,24)(H,21,23)(H,26,27). The molecule has 0 spiro atoms. The van der Waals surface area contributed by atoms with Crippen molar-refractivity contribution in [2.24, 2.45) is 17.6 Å². The number of hydrogen-bond donors (Lipinski definition) is 6. The van der Waals surface area contributed by atoms with Crippen molar-refractivity contribution in [3.63, 3.8) is 0 Å². The van der Waals surface area contributed by atoms with Crippen LogP contribution in [0.15, 0.2) is 0 Å². The molecule has 4 unspecified atom stereocenters. The number of carbonyl (C=O) groups is 4. The third kappa shape index (κ3) is 8.83. The number of carboxylic acid groups (broad SMARTS) is 1. The Bertz CT molecular complexity index is 538. The van der Waals surface area contributed by atoms with Gasteiger partial charge in [-0.2, -0.15) is 0 Å². The highest BCUT2D eigenvalue weighted by Crippen LogP contribution is 2.04. The molecule has 7 N–H and O–H groups in total. The summed E-state index contributed by atoms with van der Waals surface area (Å²) in [5.41, 5.74) is 5.74. The number of aliphatic hydroxyl groups is 1. The molecular formula is C17H32N4O6. The van der Waals surface area contributed by atoms with Gasteiger partial charge in [0.2, 0.25) is 17.7 Å². The lowest BCUT2D eigenvalue weighted by Crippen LogP contribution is -2.57. The van der Waals surface area contributed by atoms with Crippen molar-refractivity contribution in [2.45, 2.75) is 65.2 Å². The van der Waals surface area contributed by atoms with Crippen molar-refractivity contribution >= 4 is 23.7 Å². The Labute approximate surface area is 159 Å². The summed E-state index contributed by atoms with van der Waals surface area (Å²) in [5.74, 6) is -3.40. The van der Waals surface area contributed by atoms with Crippen LogP contribution in [0.1, 0.15) is 41.0 Å². The highest BCUT2D eigenvalue weighted by Gasteiger charge is 2.29. The first kappa shape index (κ1) is 24.8. The Morgan fingerprint density at radius 1 is 0.889 bits per heavy atom. The van der Waals surface area contributed by atoms with E-state index in [-0.39, 0.29) is 11.8 Å². The van der Waals surface area contributed by atoms with E-state index in [4.69, 9.17) is 10.8 Å². The summed E-state index contributed by atoms with van der Waals surface area (Å²) in [6, 6.07) is -4.26. The van der Waals surface area contributed by atoms with Crippen LogP contribution in [-0.2, 0) is 19.2 Å². The lowest BCUT2D eigenvalue weighted by Gasteiger charge is -2.23.